The maximum absolute atomic E-state index is 11.6. The Labute approximate surface area is 111 Å². The van der Waals surface area contributed by atoms with Crippen LogP contribution in [0.3, 0.4) is 0 Å². The minimum atomic E-state index is -0.256. The average molecular weight is 266 g/mol. The van der Waals surface area contributed by atoms with E-state index in [1.54, 1.807) is 20.3 Å². The lowest BCUT2D eigenvalue weighted by atomic mass is 10.1. The molecule has 0 spiro atoms. The Balaban J connectivity index is 2.27. The predicted molar refractivity (Wildman–Crippen MR) is 70.8 cm³/mol. The molecule has 1 fully saturated rings. The lowest BCUT2D eigenvalue weighted by Crippen LogP contribution is -2.55. The van der Waals surface area contributed by atoms with Gasteiger partial charge in [0.1, 0.15) is 11.5 Å². The highest BCUT2D eigenvalue weighted by Gasteiger charge is 2.26. The molecule has 1 heterocycles. The summed E-state index contributed by atoms with van der Waals surface area (Å²) in [7, 11) is 3.16. The first-order valence-corrected chi connectivity index (χ1v) is 6.05. The third-order valence-electron chi connectivity index (χ3n) is 3.09. The van der Waals surface area contributed by atoms with Crippen molar-refractivity contribution < 1.29 is 19.4 Å². The molecule has 1 aromatic rings. The van der Waals surface area contributed by atoms with Gasteiger partial charge in [0.05, 0.1) is 39.1 Å². The lowest BCUT2D eigenvalue weighted by Gasteiger charge is -2.34. The number of hydrogen-bond donors (Lipinski definition) is 2. The first-order chi connectivity index (χ1) is 9.17. The molecule has 0 bridgehead atoms. The molecule has 0 saturated carbocycles. The fourth-order valence-electron chi connectivity index (χ4n) is 2.16. The number of benzene rings is 1. The smallest absolute Gasteiger partial charge is 0.239 e. The van der Waals surface area contributed by atoms with E-state index in [4.69, 9.17) is 9.47 Å². The van der Waals surface area contributed by atoms with Gasteiger partial charge >= 0.3 is 0 Å². The highest BCUT2D eigenvalue weighted by Crippen LogP contribution is 2.32. The van der Waals surface area contributed by atoms with Crippen molar-refractivity contribution in [1.82, 2.24) is 5.32 Å². The summed E-state index contributed by atoms with van der Waals surface area (Å²) in [6.45, 7) is 0.713. The van der Waals surface area contributed by atoms with E-state index in [2.05, 4.69) is 5.32 Å². The number of aliphatic hydroxyl groups excluding tert-OH is 1. The number of anilines is 1. The Kier molecular flexibility index (Phi) is 4.11. The van der Waals surface area contributed by atoms with Crippen LogP contribution in [-0.2, 0) is 4.79 Å². The number of carbonyl (C=O) groups is 1. The van der Waals surface area contributed by atoms with Crippen molar-refractivity contribution in [2.45, 2.75) is 6.04 Å². The molecule has 19 heavy (non-hydrogen) atoms. The van der Waals surface area contributed by atoms with Gasteiger partial charge in [0, 0.05) is 12.6 Å². The number of amides is 1. The number of piperazine rings is 1. The SMILES string of the molecule is COc1ccc(N2CC(=O)NC(CO)C2)c(OC)c1. The Morgan fingerprint density at radius 3 is 2.84 bits per heavy atom. The standard InChI is InChI=1S/C13H18N2O4/c1-18-10-3-4-11(12(5-10)19-2)15-6-9(8-16)14-13(17)7-15/h3-5,9,16H,6-8H2,1-2H3,(H,14,17). The number of carbonyl (C=O) groups excluding carboxylic acids is 1. The van der Waals surface area contributed by atoms with E-state index < -0.39 is 0 Å². The highest BCUT2D eigenvalue weighted by atomic mass is 16.5. The molecular formula is C13H18N2O4. The molecule has 1 amide bonds. The number of nitrogens with one attached hydrogen (secondary N) is 1. The molecule has 0 aliphatic carbocycles. The second-order valence-electron chi connectivity index (χ2n) is 4.37. The van der Waals surface area contributed by atoms with Crippen LogP contribution in [0.5, 0.6) is 11.5 Å². The van der Waals surface area contributed by atoms with Crippen molar-refractivity contribution in [1.29, 1.82) is 0 Å². The summed E-state index contributed by atoms with van der Waals surface area (Å²) < 4.78 is 10.5. The molecular weight excluding hydrogens is 248 g/mol. The third kappa shape index (κ3) is 2.90. The first kappa shape index (κ1) is 13.5. The summed E-state index contributed by atoms with van der Waals surface area (Å²) in [5.41, 5.74) is 0.816. The Morgan fingerprint density at radius 1 is 1.42 bits per heavy atom. The topological polar surface area (TPSA) is 71.0 Å². The quantitative estimate of drug-likeness (QED) is 0.803. The lowest BCUT2D eigenvalue weighted by molar-refractivity contribution is -0.121. The molecule has 2 rings (SSSR count). The Hall–Kier alpha value is -1.95. The maximum atomic E-state index is 11.6. The summed E-state index contributed by atoms with van der Waals surface area (Å²) in [5, 5.41) is 11.9. The molecule has 1 aliphatic rings. The zero-order valence-electron chi connectivity index (χ0n) is 11.0. The Morgan fingerprint density at radius 2 is 2.21 bits per heavy atom. The number of aliphatic hydroxyl groups is 1. The van der Waals surface area contributed by atoms with Crippen LogP contribution >= 0.6 is 0 Å². The Bertz CT molecular complexity index is 464. The van der Waals surface area contributed by atoms with Gasteiger partial charge in [0.25, 0.3) is 0 Å². The largest absolute Gasteiger partial charge is 0.497 e. The summed E-state index contributed by atoms with van der Waals surface area (Å²) in [5.74, 6) is 1.23. The number of nitrogens with zero attached hydrogens (tertiary/aromatic N) is 1. The molecule has 1 aromatic carbocycles. The molecule has 0 radical (unpaired) electrons. The first-order valence-electron chi connectivity index (χ1n) is 6.05. The highest BCUT2D eigenvalue weighted by molar-refractivity contribution is 5.84. The van der Waals surface area contributed by atoms with Crippen LogP contribution in [0.25, 0.3) is 0 Å². The normalized spacial score (nSPS) is 19.0. The molecule has 1 unspecified atom stereocenters. The van der Waals surface area contributed by atoms with Gasteiger partial charge in [0.2, 0.25) is 5.91 Å². The van der Waals surface area contributed by atoms with Gasteiger partial charge in [-0.25, -0.2) is 0 Å². The molecule has 104 valence electrons. The molecule has 6 heteroatoms. The fourth-order valence-corrected chi connectivity index (χ4v) is 2.16. The van der Waals surface area contributed by atoms with Gasteiger partial charge in [-0.2, -0.15) is 0 Å². The van der Waals surface area contributed by atoms with Crippen LogP contribution in [0.2, 0.25) is 0 Å². The second-order valence-corrected chi connectivity index (χ2v) is 4.37. The van der Waals surface area contributed by atoms with Crippen LogP contribution in [0.15, 0.2) is 18.2 Å². The van der Waals surface area contributed by atoms with Gasteiger partial charge < -0.3 is 24.8 Å². The van der Waals surface area contributed by atoms with E-state index in [1.807, 2.05) is 17.0 Å². The maximum Gasteiger partial charge on any atom is 0.239 e. The summed E-state index contributed by atoms with van der Waals surface area (Å²) >= 11 is 0. The minimum Gasteiger partial charge on any atom is -0.497 e. The van der Waals surface area contributed by atoms with Crippen LogP contribution in [-0.4, -0.2) is 51.0 Å². The number of rotatable bonds is 4. The number of ether oxygens (including phenoxy) is 2. The van der Waals surface area contributed by atoms with Crippen LogP contribution in [0.1, 0.15) is 0 Å². The van der Waals surface area contributed by atoms with Crippen molar-refractivity contribution in [2.75, 3.05) is 38.8 Å². The van der Waals surface area contributed by atoms with Gasteiger partial charge in [-0.05, 0) is 12.1 Å². The van der Waals surface area contributed by atoms with Gasteiger partial charge in [0.15, 0.2) is 0 Å². The van der Waals surface area contributed by atoms with E-state index in [-0.39, 0.29) is 25.1 Å². The molecule has 2 N–H and O–H groups in total. The molecule has 0 aromatic heterocycles. The molecule has 1 atom stereocenters. The van der Waals surface area contributed by atoms with Crippen LogP contribution in [0, 0.1) is 0 Å². The van der Waals surface area contributed by atoms with E-state index >= 15 is 0 Å². The summed E-state index contributed by atoms with van der Waals surface area (Å²) in [4.78, 5) is 13.5. The van der Waals surface area contributed by atoms with Gasteiger partial charge in [-0.1, -0.05) is 0 Å². The molecule has 6 nitrogen and oxygen atoms in total. The van der Waals surface area contributed by atoms with Crippen molar-refractivity contribution in [3.63, 3.8) is 0 Å². The predicted octanol–water partition coefficient (Wildman–Crippen LogP) is 0.000900. The zero-order chi connectivity index (χ0) is 13.8. The number of methoxy groups -OCH3 is 2. The van der Waals surface area contributed by atoms with E-state index in [0.29, 0.717) is 18.0 Å². The fraction of sp³-hybridized carbons (Fsp3) is 0.462. The van der Waals surface area contributed by atoms with Crippen molar-refractivity contribution in [3.8, 4) is 11.5 Å². The van der Waals surface area contributed by atoms with Gasteiger partial charge in [-0.3, -0.25) is 4.79 Å². The molecule has 1 aliphatic heterocycles. The van der Waals surface area contributed by atoms with E-state index in [1.165, 1.54) is 0 Å². The monoisotopic (exact) mass is 266 g/mol. The average Bonchev–Trinajstić information content (AvgIpc) is 2.45. The van der Waals surface area contributed by atoms with Gasteiger partial charge in [-0.15, -0.1) is 0 Å². The second kappa shape index (κ2) is 5.79. The van der Waals surface area contributed by atoms with Crippen molar-refractivity contribution in [2.24, 2.45) is 0 Å². The van der Waals surface area contributed by atoms with E-state index in [9.17, 15) is 9.90 Å². The molecule has 1 saturated heterocycles. The summed E-state index contributed by atoms with van der Waals surface area (Å²) in [6, 6.07) is 5.19. The van der Waals surface area contributed by atoms with Crippen LogP contribution < -0.4 is 19.7 Å². The zero-order valence-corrected chi connectivity index (χ0v) is 11.0. The number of hydrogen-bond acceptors (Lipinski definition) is 5. The minimum absolute atomic E-state index is 0.0826. The summed E-state index contributed by atoms with van der Waals surface area (Å²) in [6.07, 6.45) is 0. The van der Waals surface area contributed by atoms with E-state index in [0.717, 1.165) is 5.69 Å². The third-order valence-corrected chi connectivity index (χ3v) is 3.09. The van der Waals surface area contributed by atoms with Crippen LogP contribution in [0.4, 0.5) is 5.69 Å². The van der Waals surface area contributed by atoms with Crippen molar-refractivity contribution in [3.05, 3.63) is 18.2 Å². The van der Waals surface area contributed by atoms with Crippen molar-refractivity contribution >= 4 is 11.6 Å².